The molecule has 0 saturated heterocycles. The molecule has 0 bridgehead atoms. The Morgan fingerprint density at radius 3 is 1.20 bits per heavy atom. The van der Waals surface area contributed by atoms with E-state index in [9.17, 15) is 5.11 Å². The van der Waals surface area contributed by atoms with Crippen LogP contribution in [0.1, 0.15) is 63.8 Å². The van der Waals surface area contributed by atoms with Gasteiger partial charge in [-0.15, -0.1) is 0 Å². The van der Waals surface area contributed by atoms with Gasteiger partial charge in [0.15, 0.2) is 0 Å². The van der Waals surface area contributed by atoms with Crippen molar-refractivity contribution in [2.24, 2.45) is 0 Å². The van der Waals surface area contributed by atoms with E-state index in [-0.39, 0.29) is 11.5 Å². The van der Waals surface area contributed by atoms with E-state index in [0.717, 1.165) is 37.1 Å². The van der Waals surface area contributed by atoms with Gasteiger partial charge >= 0.3 is 0 Å². The van der Waals surface area contributed by atoms with Crippen molar-refractivity contribution in [1.29, 1.82) is 0 Å². The van der Waals surface area contributed by atoms with Crippen molar-refractivity contribution in [1.82, 2.24) is 0 Å². The smallest absolute Gasteiger partial charge is 0.134 e. The Hall–Kier alpha value is -6.08. The van der Waals surface area contributed by atoms with Gasteiger partial charge in [0.2, 0.25) is 0 Å². The highest BCUT2D eigenvalue weighted by Gasteiger charge is 2.07. The average molecular weight is 985 g/mol. The maximum atomic E-state index is 9.58. The van der Waals surface area contributed by atoms with E-state index < -0.39 is 0 Å². The van der Waals surface area contributed by atoms with Crippen LogP contribution in [-0.4, -0.2) is 10.2 Å². The predicted octanol–water partition coefficient (Wildman–Crippen LogP) is 17.9. The summed E-state index contributed by atoms with van der Waals surface area (Å²) < 4.78 is 13.9. The van der Waals surface area contributed by atoms with Crippen molar-refractivity contribution in [3.8, 4) is 45.3 Å². The summed E-state index contributed by atoms with van der Waals surface area (Å²) in [4.78, 5) is 0. The van der Waals surface area contributed by atoms with E-state index >= 15 is 0 Å². The Balaban J connectivity index is 0.000000295. The molecule has 2 N–H and O–H groups in total. The van der Waals surface area contributed by atoms with Gasteiger partial charge in [-0.1, -0.05) is 215 Å². The van der Waals surface area contributed by atoms with E-state index in [1.54, 1.807) is 12.1 Å². The second-order valence-electron chi connectivity index (χ2n) is 13.2. The Labute approximate surface area is 400 Å². The summed E-state index contributed by atoms with van der Waals surface area (Å²) in [6.45, 7) is 17.3. The van der Waals surface area contributed by atoms with Crippen LogP contribution in [0.3, 0.4) is 0 Å². The van der Waals surface area contributed by atoms with Gasteiger partial charge in [-0.3, -0.25) is 0 Å². The number of phenols is 2. The van der Waals surface area contributed by atoms with Gasteiger partial charge < -0.3 is 19.7 Å². The zero-order valence-electron chi connectivity index (χ0n) is 38.5. The first-order valence-electron chi connectivity index (χ1n) is 21.8. The number of benzene rings is 8. The summed E-state index contributed by atoms with van der Waals surface area (Å²) in [6.07, 6.45) is 0. The molecule has 0 radical (unpaired) electrons. The van der Waals surface area contributed by atoms with Gasteiger partial charge in [0.1, 0.15) is 36.2 Å². The largest absolute Gasteiger partial charge is 0.508 e. The van der Waals surface area contributed by atoms with Crippen molar-refractivity contribution in [2.45, 2.75) is 68.6 Å². The molecule has 0 aliphatic carbocycles. The predicted molar refractivity (Wildman–Crippen MR) is 280 cm³/mol. The van der Waals surface area contributed by atoms with Crippen molar-refractivity contribution in [3.63, 3.8) is 0 Å². The van der Waals surface area contributed by atoms with E-state index in [1.165, 1.54) is 33.9 Å². The van der Waals surface area contributed by atoms with Crippen LogP contribution >= 0.6 is 31.9 Å². The lowest BCUT2D eigenvalue weighted by molar-refractivity contribution is 0.304. The standard InChI is InChI=1S/C20H18O.C14H13BrO.C12H10O2.C6H5Br.3C2H6/c1-16-12-13-19(18-10-6-3-7-11-18)20(14-16)21-15-17-8-4-2-5-9-17;1-11-7-8-13(15)14(9-11)16-10-12-5-3-2-4-6-12;13-10-6-7-11(12(14)8-10)9-4-2-1-3-5-9;7-6-4-2-1-3-5-6;3*1-2/h2-14H,15H2,1H3;2-9H,10H2,1H3;1-8,13-14H;1-5H;3*1-2H3. The molecule has 0 amide bonds. The molecule has 0 aromatic heterocycles. The molecule has 0 aliphatic heterocycles. The zero-order chi connectivity index (χ0) is 47.0. The minimum atomic E-state index is 0.0715. The molecular weight excluding hydrogens is 920 g/mol. The Morgan fingerprint density at radius 1 is 0.391 bits per heavy atom. The monoisotopic (exact) mass is 982 g/mol. The van der Waals surface area contributed by atoms with Crippen LogP contribution in [0.2, 0.25) is 0 Å². The molecule has 6 heteroatoms. The second kappa shape index (κ2) is 32.6. The second-order valence-corrected chi connectivity index (χ2v) is 15.0. The van der Waals surface area contributed by atoms with Gasteiger partial charge in [-0.25, -0.2) is 0 Å². The fourth-order valence-electron chi connectivity index (χ4n) is 5.59. The summed E-state index contributed by atoms with van der Waals surface area (Å²) in [6, 6.07) is 67.3. The lowest BCUT2D eigenvalue weighted by atomic mass is 10.0. The third kappa shape index (κ3) is 20.4. The molecule has 334 valence electrons. The first-order chi connectivity index (χ1) is 31.2. The molecule has 8 aromatic carbocycles. The first-order valence-corrected chi connectivity index (χ1v) is 23.4. The number of hydrogen-bond acceptors (Lipinski definition) is 4. The summed E-state index contributed by atoms with van der Waals surface area (Å²) in [5.74, 6) is 1.99. The van der Waals surface area contributed by atoms with Crippen molar-refractivity contribution in [2.75, 3.05) is 0 Å². The lowest BCUT2D eigenvalue weighted by Crippen LogP contribution is -1.97. The highest BCUT2D eigenvalue weighted by atomic mass is 79.9. The third-order valence-corrected chi connectivity index (χ3v) is 9.77. The SMILES string of the molecule is Brc1ccccc1.CC.CC.CC.Cc1ccc(-c2ccccc2)c(OCc2ccccc2)c1.Cc1ccc(Br)c(OCc2ccccc2)c1.Oc1ccc(-c2ccccc2)c(O)c1. The van der Waals surface area contributed by atoms with Crippen molar-refractivity contribution in [3.05, 3.63) is 237 Å². The summed E-state index contributed by atoms with van der Waals surface area (Å²) in [5, 5.41) is 18.7. The molecule has 0 aliphatic rings. The molecule has 8 rings (SSSR count). The molecule has 0 unspecified atom stereocenters. The van der Waals surface area contributed by atoms with Gasteiger partial charge in [0, 0.05) is 21.7 Å². The van der Waals surface area contributed by atoms with Crippen LogP contribution in [0.5, 0.6) is 23.0 Å². The van der Waals surface area contributed by atoms with Gasteiger partial charge in [-0.05, 0) is 106 Å². The molecular formula is C58H64Br2O4. The Morgan fingerprint density at radius 2 is 0.766 bits per heavy atom. The molecule has 0 saturated carbocycles. The summed E-state index contributed by atoms with van der Waals surface area (Å²) >= 11 is 6.79. The molecule has 0 spiro atoms. The van der Waals surface area contributed by atoms with Crippen molar-refractivity contribution >= 4 is 31.9 Å². The van der Waals surface area contributed by atoms with Gasteiger partial charge in [0.25, 0.3) is 0 Å². The lowest BCUT2D eigenvalue weighted by Gasteiger charge is -2.13. The molecule has 0 fully saturated rings. The van der Waals surface area contributed by atoms with Crippen molar-refractivity contribution < 1.29 is 19.7 Å². The number of rotatable bonds is 8. The minimum Gasteiger partial charge on any atom is -0.508 e. The average Bonchev–Trinajstić information content (AvgIpc) is 3.35. The number of ether oxygens (including phenoxy) is 2. The normalized spacial score (nSPS) is 9.34. The number of aryl methyl sites for hydroxylation is 2. The molecule has 0 atom stereocenters. The fourth-order valence-corrected chi connectivity index (χ4v) is 6.26. The number of aromatic hydroxyl groups is 2. The Bertz CT molecular complexity index is 2390. The van der Waals surface area contributed by atoms with E-state index in [1.807, 2.05) is 157 Å². The van der Waals surface area contributed by atoms with Crippen LogP contribution in [-0.2, 0) is 13.2 Å². The van der Waals surface area contributed by atoms with E-state index in [2.05, 4.69) is 119 Å². The zero-order valence-corrected chi connectivity index (χ0v) is 41.7. The maximum absolute atomic E-state index is 9.58. The van der Waals surface area contributed by atoms with Gasteiger partial charge in [-0.2, -0.15) is 0 Å². The third-order valence-electron chi connectivity index (χ3n) is 8.58. The molecule has 8 aromatic rings. The Kier molecular flexibility index (Phi) is 27.5. The van der Waals surface area contributed by atoms with Crippen LogP contribution in [0.15, 0.2) is 215 Å². The van der Waals surface area contributed by atoms with Crippen LogP contribution in [0.25, 0.3) is 22.3 Å². The first kappa shape index (κ1) is 54.1. The topological polar surface area (TPSA) is 58.9 Å². The van der Waals surface area contributed by atoms with E-state index in [0.29, 0.717) is 13.2 Å². The minimum absolute atomic E-state index is 0.0715. The van der Waals surface area contributed by atoms with Crippen LogP contribution in [0.4, 0.5) is 0 Å². The number of halogens is 2. The molecule has 0 heterocycles. The summed E-state index contributed by atoms with van der Waals surface area (Å²) in [5.41, 5.74) is 8.74. The van der Waals surface area contributed by atoms with Crippen LogP contribution < -0.4 is 9.47 Å². The highest BCUT2D eigenvalue weighted by molar-refractivity contribution is 9.10. The highest BCUT2D eigenvalue weighted by Crippen LogP contribution is 2.33. The fraction of sp³-hybridized carbons (Fsp3) is 0.172. The van der Waals surface area contributed by atoms with E-state index in [4.69, 9.17) is 14.6 Å². The number of phenolic OH excluding ortho intramolecular Hbond substituents is 2. The molecule has 64 heavy (non-hydrogen) atoms. The maximum Gasteiger partial charge on any atom is 0.134 e. The quantitative estimate of drug-likeness (QED) is 0.159. The van der Waals surface area contributed by atoms with Crippen LogP contribution in [0, 0.1) is 13.8 Å². The summed E-state index contributed by atoms with van der Waals surface area (Å²) in [7, 11) is 0. The molecule has 4 nitrogen and oxygen atoms in total. The van der Waals surface area contributed by atoms with Gasteiger partial charge in [0.05, 0.1) is 4.47 Å². The number of hydrogen-bond donors (Lipinski definition) is 2.